The van der Waals surface area contributed by atoms with E-state index in [1.165, 1.54) is 0 Å². The molecule has 1 unspecified atom stereocenters. The van der Waals surface area contributed by atoms with Crippen LogP contribution in [-0.4, -0.2) is 23.8 Å². The molecular formula is C21H25N3O4. The smallest absolute Gasteiger partial charge is 0.279 e. The topological polar surface area (TPSA) is 96.5 Å². The predicted octanol–water partition coefficient (Wildman–Crippen LogP) is 2.09. The standard InChI is InChI=1S/C21H25N3O4/c1-2-18(28-17-11-7-4-8-12-17)21(27)24-23-20(26)14-13-19(25)22-15-16-9-5-3-6-10-16/h3-12,18H,2,13-15H2,1H3,(H,22,25)(H,23,26)(H,24,27). The summed E-state index contributed by atoms with van der Waals surface area (Å²) in [7, 11) is 0. The van der Waals surface area contributed by atoms with Gasteiger partial charge in [-0.2, -0.15) is 0 Å². The third-order valence-corrected chi connectivity index (χ3v) is 3.92. The first-order chi connectivity index (χ1) is 13.6. The molecule has 0 aliphatic heterocycles. The van der Waals surface area contributed by atoms with Gasteiger partial charge in [-0.1, -0.05) is 55.5 Å². The van der Waals surface area contributed by atoms with Crippen molar-refractivity contribution >= 4 is 17.7 Å². The molecule has 0 fully saturated rings. The Morgan fingerprint density at radius 2 is 1.46 bits per heavy atom. The van der Waals surface area contributed by atoms with E-state index in [0.29, 0.717) is 18.7 Å². The average molecular weight is 383 g/mol. The Hall–Kier alpha value is -3.35. The maximum absolute atomic E-state index is 12.2. The van der Waals surface area contributed by atoms with E-state index in [2.05, 4.69) is 16.2 Å². The molecule has 0 saturated carbocycles. The van der Waals surface area contributed by atoms with Crippen LogP contribution in [-0.2, 0) is 20.9 Å². The number of hydrogen-bond donors (Lipinski definition) is 3. The van der Waals surface area contributed by atoms with Crippen molar-refractivity contribution < 1.29 is 19.1 Å². The molecule has 0 spiro atoms. The summed E-state index contributed by atoms with van der Waals surface area (Å²) in [5.74, 6) is -0.555. The third kappa shape index (κ3) is 7.49. The van der Waals surface area contributed by atoms with Gasteiger partial charge in [-0.05, 0) is 24.1 Å². The molecule has 0 bridgehead atoms. The fourth-order valence-corrected chi connectivity index (χ4v) is 2.37. The number of hydrazine groups is 1. The molecule has 3 amide bonds. The maximum Gasteiger partial charge on any atom is 0.279 e. The highest BCUT2D eigenvalue weighted by molar-refractivity contribution is 5.87. The first-order valence-electron chi connectivity index (χ1n) is 9.19. The summed E-state index contributed by atoms with van der Waals surface area (Å²) < 4.78 is 5.60. The molecule has 7 heteroatoms. The quantitative estimate of drug-likeness (QED) is 0.578. The molecule has 0 radical (unpaired) electrons. The minimum absolute atomic E-state index is 0.0305. The van der Waals surface area contributed by atoms with Crippen molar-refractivity contribution in [3.05, 3.63) is 66.2 Å². The number of carbonyl (C=O) groups excluding carboxylic acids is 3. The van der Waals surface area contributed by atoms with Crippen LogP contribution in [0.15, 0.2) is 60.7 Å². The number of hydrogen-bond acceptors (Lipinski definition) is 4. The van der Waals surface area contributed by atoms with Crippen molar-refractivity contribution in [2.24, 2.45) is 0 Å². The second kappa shape index (κ2) is 11.4. The lowest BCUT2D eigenvalue weighted by Crippen LogP contribution is -2.48. The van der Waals surface area contributed by atoms with Gasteiger partial charge >= 0.3 is 0 Å². The van der Waals surface area contributed by atoms with Gasteiger partial charge in [0.25, 0.3) is 5.91 Å². The summed E-state index contributed by atoms with van der Waals surface area (Å²) in [6.07, 6.45) is -0.279. The summed E-state index contributed by atoms with van der Waals surface area (Å²) >= 11 is 0. The van der Waals surface area contributed by atoms with Crippen molar-refractivity contribution in [3.8, 4) is 5.75 Å². The molecule has 1 atom stereocenters. The zero-order valence-electron chi connectivity index (χ0n) is 15.8. The number of ether oxygens (including phenoxy) is 1. The van der Waals surface area contributed by atoms with Gasteiger partial charge in [0.15, 0.2) is 6.10 Å². The lowest BCUT2D eigenvalue weighted by Gasteiger charge is -2.17. The first kappa shape index (κ1) is 21.0. The molecule has 148 valence electrons. The molecule has 2 aromatic carbocycles. The molecule has 0 aliphatic carbocycles. The fourth-order valence-electron chi connectivity index (χ4n) is 2.37. The monoisotopic (exact) mass is 383 g/mol. The van der Waals surface area contributed by atoms with E-state index in [4.69, 9.17) is 4.74 Å². The molecule has 7 nitrogen and oxygen atoms in total. The Bertz CT molecular complexity index is 766. The van der Waals surface area contributed by atoms with Crippen LogP contribution in [0.4, 0.5) is 0 Å². The molecule has 3 N–H and O–H groups in total. The lowest BCUT2D eigenvalue weighted by molar-refractivity contribution is -0.133. The van der Waals surface area contributed by atoms with E-state index in [1.54, 1.807) is 12.1 Å². The van der Waals surface area contributed by atoms with E-state index < -0.39 is 17.9 Å². The van der Waals surface area contributed by atoms with Crippen molar-refractivity contribution in [2.75, 3.05) is 0 Å². The van der Waals surface area contributed by atoms with Gasteiger partial charge in [0, 0.05) is 19.4 Å². The number of amides is 3. The van der Waals surface area contributed by atoms with Gasteiger partial charge in [-0.15, -0.1) is 0 Å². The summed E-state index contributed by atoms with van der Waals surface area (Å²) in [5, 5.41) is 2.75. The van der Waals surface area contributed by atoms with Crippen LogP contribution in [0.2, 0.25) is 0 Å². The molecular weight excluding hydrogens is 358 g/mol. The Morgan fingerprint density at radius 3 is 2.11 bits per heavy atom. The van der Waals surface area contributed by atoms with E-state index in [9.17, 15) is 14.4 Å². The SMILES string of the molecule is CCC(Oc1ccccc1)C(=O)NNC(=O)CCC(=O)NCc1ccccc1. The van der Waals surface area contributed by atoms with Crippen LogP contribution >= 0.6 is 0 Å². The molecule has 0 aliphatic rings. The fraction of sp³-hybridized carbons (Fsp3) is 0.286. The summed E-state index contributed by atoms with van der Waals surface area (Å²) in [6, 6.07) is 18.5. The Balaban J connectivity index is 1.66. The number of nitrogens with one attached hydrogen (secondary N) is 3. The zero-order chi connectivity index (χ0) is 20.2. The molecule has 0 aromatic heterocycles. The number of benzene rings is 2. The highest BCUT2D eigenvalue weighted by Crippen LogP contribution is 2.12. The second-order valence-corrected chi connectivity index (χ2v) is 6.13. The van der Waals surface area contributed by atoms with Crippen molar-refractivity contribution in [1.82, 2.24) is 16.2 Å². The Labute approximate surface area is 164 Å². The van der Waals surface area contributed by atoms with Crippen LogP contribution in [0, 0.1) is 0 Å². The van der Waals surface area contributed by atoms with Gasteiger partial charge in [0.2, 0.25) is 11.8 Å². The van der Waals surface area contributed by atoms with Crippen LogP contribution in [0.3, 0.4) is 0 Å². The van der Waals surface area contributed by atoms with Crippen LogP contribution in [0.5, 0.6) is 5.75 Å². The summed E-state index contributed by atoms with van der Waals surface area (Å²) in [5.41, 5.74) is 5.64. The van der Waals surface area contributed by atoms with Gasteiger partial charge in [0.05, 0.1) is 0 Å². The minimum Gasteiger partial charge on any atom is -0.481 e. The maximum atomic E-state index is 12.2. The molecule has 2 aromatic rings. The highest BCUT2D eigenvalue weighted by atomic mass is 16.5. The van der Waals surface area contributed by atoms with Crippen molar-refractivity contribution in [3.63, 3.8) is 0 Å². The summed E-state index contributed by atoms with van der Waals surface area (Å²) in [6.45, 7) is 2.22. The third-order valence-electron chi connectivity index (χ3n) is 3.92. The van der Waals surface area contributed by atoms with Crippen molar-refractivity contribution in [1.29, 1.82) is 0 Å². The van der Waals surface area contributed by atoms with Crippen LogP contribution in [0.25, 0.3) is 0 Å². The second-order valence-electron chi connectivity index (χ2n) is 6.13. The van der Waals surface area contributed by atoms with E-state index in [1.807, 2.05) is 55.5 Å². The van der Waals surface area contributed by atoms with Gasteiger partial charge < -0.3 is 10.1 Å². The van der Waals surface area contributed by atoms with E-state index in [0.717, 1.165) is 5.56 Å². The number of rotatable bonds is 9. The van der Waals surface area contributed by atoms with Gasteiger partial charge in [-0.3, -0.25) is 25.2 Å². The largest absolute Gasteiger partial charge is 0.481 e. The average Bonchev–Trinajstić information content (AvgIpc) is 2.74. The highest BCUT2D eigenvalue weighted by Gasteiger charge is 2.19. The molecule has 0 heterocycles. The molecule has 0 saturated heterocycles. The molecule has 28 heavy (non-hydrogen) atoms. The normalized spacial score (nSPS) is 11.2. The first-order valence-corrected chi connectivity index (χ1v) is 9.19. The summed E-state index contributed by atoms with van der Waals surface area (Å²) in [4.78, 5) is 35.8. The predicted molar refractivity (Wildman–Crippen MR) is 105 cm³/mol. The lowest BCUT2D eigenvalue weighted by atomic mass is 10.2. The van der Waals surface area contributed by atoms with Crippen LogP contribution in [0.1, 0.15) is 31.7 Å². The molecule has 2 rings (SSSR count). The number of para-hydroxylation sites is 1. The van der Waals surface area contributed by atoms with E-state index >= 15 is 0 Å². The zero-order valence-corrected chi connectivity index (χ0v) is 15.8. The minimum atomic E-state index is -0.725. The Morgan fingerprint density at radius 1 is 0.857 bits per heavy atom. The van der Waals surface area contributed by atoms with Gasteiger partial charge in [-0.25, -0.2) is 0 Å². The van der Waals surface area contributed by atoms with Crippen LogP contribution < -0.4 is 20.9 Å². The van der Waals surface area contributed by atoms with Gasteiger partial charge in [0.1, 0.15) is 5.75 Å². The Kier molecular flexibility index (Phi) is 8.52. The van der Waals surface area contributed by atoms with Crippen molar-refractivity contribution in [2.45, 2.75) is 38.8 Å². The van der Waals surface area contributed by atoms with E-state index in [-0.39, 0.29) is 18.7 Å². The number of carbonyl (C=O) groups is 3.